The van der Waals surface area contributed by atoms with E-state index in [1.807, 2.05) is 37.7 Å². The number of amides is 1. The maximum Gasteiger partial charge on any atom is 0.236 e. The van der Waals surface area contributed by atoms with Crippen molar-refractivity contribution in [2.24, 2.45) is 0 Å². The molecular weight excluding hydrogens is 318 g/mol. The van der Waals surface area contributed by atoms with Gasteiger partial charge in [0.1, 0.15) is 17.4 Å². The summed E-state index contributed by atoms with van der Waals surface area (Å²) in [5, 5.41) is 4.47. The fourth-order valence-corrected chi connectivity index (χ4v) is 3.43. The van der Waals surface area contributed by atoms with Gasteiger partial charge in [-0.15, -0.1) is 0 Å². The predicted octanol–water partition coefficient (Wildman–Crippen LogP) is 2.00. The monoisotopic (exact) mass is 345 g/mol. The predicted molar refractivity (Wildman–Crippen MR) is 93.9 cm³/mol. The van der Waals surface area contributed by atoms with Crippen LogP contribution in [0.15, 0.2) is 22.8 Å². The number of rotatable bonds is 6. The molecule has 1 unspecified atom stereocenters. The van der Waals surface area contributed by atoms with E-state index in [1.54, 1.807) is 11.2 Å². The number of nitrogens with zero attached hydrogens (tertiary/aromatic N) is 5. The third-order valence-electron chi connectivity index (χ3n) is 4.83. The normalized spacial score (nSPS) is 18.4. The Hall–Kier alpha value is -2.15. The summed E-state index contributed by atoms with van der Waals surface area (Å²) in [5.41, 5.74) is 0. The molecule has 0 radical (unpaired) electrons. The highest BCUT2D eigenvalue weighted by Crippen LogP contribution is 2.19. The average molecular weight is 345 g/mol. The summed E-state index contributed by atoms with van der Waals surface area (Å²) < 4.78 is 7.30. The molecule has 1 fully saturated rings. The van der Waals surface area contributed by atoms with Gasteiger partial charge in [0.05, 0.1) is 25.9 Å². The smallest absolute Gasteiger partial charge is 0.236 e. The van der Waals surface area contributed by atoms with Gasteiger partial charge in [-0.25, -0.2) is 9.67 Å². The summed E-state index contributed by atoms with van der Waals surface area (Å²) in [4.78, 5) is 21.0. The van der Waals surface area contributed by atoms with Gasteiger partial charge in [0.2, 0.25) is 5.91 Å². The Morgan fingerprint density at radius 1 is 1.40 bits per heavy atom. The average Bonchev–Trinajstić information content (AvgIpc) is 3.19. The maximum absolute atomic E-state index is 12.6. The minimum absolute atomic E-state index is 0.120. The Balaban J connectivity index is 1.60. The van der Waals surface area contributed by atoms with E-state index in [0.29, 0.717) is 19.1 Å². The van der Waals surface area contributed by atoms with Crippen LogP contribution in [-0.4, -0.2) is 56.7 Å². The van der Waals surface area contributed by atoms with E-state index in [4.69, 9.17) is 4.42 Å². The van der Waals surface area contributed by atoms with Crippen molar-refractivity contribution in [3.63, 3.8) is 0 Å². The lowest BCUT2D eigenvalue weighted by molar-refractivity contribution is -0.133. The van der Waals surface area contributed by atoms with Crippen LogP contribution in [0.2, 0.25) is 0 Å². The summed E-state index contributed by atoms with van der Waals surface area (Å²) in [6, 6.07) is 4.06. The first-order chi connectivity index (χ1) is 12.0. The van der Waals surface area contributed by atoms with Gasteiger partial charge in [0.25, 0.3) is 0 Å². The molecule has 3 rings (SSSR count). The number of hydrogen-bond acceptors (Lipinski definition) is 5. The number of piperidine rings is 1. The van der Waals surface area contributed by atoms with Gasteiger partial charge in [-0.2, -0.15) is 5.10 Å². The van der Waals surface area contributed by atoms with Crippen LogP contribution in [0.3, 0.4) is 0 Å². The van der Waals surface area contributed by atoms with Gasteiger partial charge in [-0.1, -0.05) is 6.42 Å². The van der Waals surface area contributed by atoms with Crippen LogP contribution >= 0.6 is 0 Å². The molecule has 1 saturated heterocycles. The first-order valence-corrected chi connectivity index (χ1v) is 8.91. The lowest BCUT2D eigenvalue weighted by Gasteiger charge is -2.36. The molecule has 136 valence electrons. The van der Waals surface area contributed by atoms with Crippen LogP contribution in [0.25, 0.3) is 0 Å². The van der Waals surface area contributed by atoms with Crippen molar-refractivity contribution in [2.75, 3.05) is 20.1 Å². The summed E-state index contributed by atoms with van der Waals surface area (Å²) >= 11 is 0. The topological polar surface area (TPSA) is 67.4 Å². The van der Waals surface area contributed by atoms with Crippen LogP contribution in [0, 0.1) is 13.8 Å². The number of carbonyl (C=O) groups is 1. The van der Waals surface area contributed by atoms with Crippen LogP contribution in [0.5, 0.6) is 0 Å². The Morgan fingerprint density at radius 3 is 2.92 bits per heavy atom. The molecule has 3 heterocycles. The molecular formula is C18H27N5O2. The second-order valence-electron chi connectivity index (χ2n) is 6.84. The van der Waals surface area contributed by atoms with Gasteiger partial charge < -0.3 is 9.32 Å². The van der Waals surface area contributed by atoms with Crippen molar-refractivity contribution in [1.82, 2.24) is 24.6 Å². The Morgan fingerprint density at radius 2 is 2.24 bits per heavy atom. The van der Waals surface area contributed by atoms with E-state index in [1.165, 1.54) is 6.42 Å². The highest BCUT2D eigenvalue weighted by Gasteiger charge is 2.26. The van der Waals surface area contributed by atoms with Crippen molar-refractivity contribution >= 4 is 5.91 Å². The van der Waals surface area contributed by atoms with Crippen LogP contribution in [-0.2, 0) is 17.9 Å². The number of aromatic nitrogens is 3. The number of furan rings is 1. The molecule has 2 aromatic heterocycles. The molecule has 0 saturated carbocycles. The Bertz CT molecular complexity index is 694. The zero-order valence-electron chi connectivity index (χ0n) is 15.3. The molecule has 25 heavy (non-hydrogen) atoms. The highest BCUT2D eigenvalue weighted by molar-refractivity contribution is 5.78. The van der Waals surface area contributed by atoms with Gasteiger partial charge in [-0.05, 0) is 45.4 Å². The van der Waals surface area contributed by atoms with E-state index in [2.05, 4.69) is 15.0 Å². The first-order valence-electron chi connectivity index (χ1n) is 8.91. The quantitative estimate of drug-likeness (QED) is 0.801. The molecule has 7 nitrogen and oxygen atoms in total. The Labute approximate surface area is 148 Å². The van der Waals surface area contributed by atoms with Gasteiger partial charge in [-0.3, -0.25) is 9.69 Å². The van der Waals surface area contributed by atoms with Gasteiger partial charge >= 0.3 is 0 Å². The van der Waals surface area contributed by atoms with E-state index in [-0.39, 0.29) is 5.91 Å². The molecule has 1 aliphatic rings. The van der Waals surface area contributed by atoms with E-state index in [9.17, 15) is 4.79 Å². The molecule has 0 aliphatic carbocycles. The van der Waals surface area contributed by atoms with Crippen molar-refractivity contribution in [3.05, 3.63) is 35.8 Å². The molecule has 0 N–H and O–H groups in total. The molecule has 1 amide bonds. The van der Waals surface area contributed by atoms with Gasteiger partial charge in [0, 0.05) is 13.1 Å². The van der Waals surface area contributed by atoms with E-state index in [0.717, 1.165) is 43.3 Å². The second kappa shape index (κ2) is 7.82. The molecule has 0 bridgehead atoms. The van der Waals surface area contributed by atoms with Crippen LogP contribution < -0.4 is 0 Å². The summed E-state index contributed by atoms with van der Waals surface area (Å²) in [7, 11) is 1.83. The maximum atomic E-state index is 12.6. The first kappa shape index (κ1) is 17.7. The summed E-state index contributed by atoms with van der Waals surface area (Å²) in [6.45, 7) is 6.59. The molecule has 7 heteroatoms. The van der Waals surface area contributed by atoms with Crippen molar-refractivity contribution in [3.8, 4) is 0 Å². The third kappa shape index (κ3) is 4.48. The number of likely N-dealkylation sites (N-methyl/N-ethyl adjacent to an activating group) is 1. The van der Waals surface area contributed by atoms with Crippen LogP contribution in [0.1, 0.15) is 36.7 Å². The third-order valence-corrected chi connectivity index (χ3v) is 4.83. The number of carbonyl (C=O) groups excluding carboxylic acids is 1. The molecule has 0 aromatic carbocycles. The zero-order valence-corrected chi connectivity index (χ0v) is 15.3. The fraction of sp³-hybridized carbons (Fsp3) is 0.611. The van der Waals surface area contributed by atoms with E-state index < -0.39 is 0 Å². The number of likely N-dealkylation sites (tertiary alicyclic amines) is 1. The van der Waals surface area contributed by atoms with Crippen LogP contribution in [0.4, 0.5) is 0 Å². The molecule has 2 aromatic rings. The lowest BCUT2D eigenvalue weighted by Crippen LogP contribution is -2.47. The molecule has 1 atom stereocenters. The lowest BCUT2D eigenvalue weighted by atomic mass is 10.0. The zero-order chi connectivity index (χ0) is 17.8. The Kier molecular flexibility index (Phi) is 5.53. The fourth-order valence-electron chi connectivity index (χ4n) is 3.43. The van der Waals surface area contributed by atoms with Crippen molar-refractivity contribution < 1.29 is 9.21 Å². The standard InChI is InChI=1S/C18H27N5O2/c1-14-19-15(2)23(20-14)11-16-7-4-5-9-22(16)13-18(24)21(3)12-17-8-6-10-25-17/h6,8,10,16H,4-5,7,9,11-13H2,1-3H3. The van der Waals surface area contributed by atoms with Crippen molar-refractivity contribution in [1.29, 1.82) is 0 Å². The number of hydrogen-bond donors (Lipinski definition) is 0. The molecule has 0 spiro atoms. The second-order valence-corrected chi connectivity index (χ2v) is 6.84. The summed E-state index contributed by atoms with van der Waals surface area (Å²) in [6.07, 6.45) is 5.07. The van der Waals surface area contributed by atoms with Crippen molar-refractivity contribution in [2.45, 2.75) is 52.2 Å². The van der Waals surface area contributed by atoms with Gasteiger partial charge in [0.15, 0.2) is 0 Å². The van der Waals surface area contributed by atoms with E-state index >= 15 is 0 Å². The number of aryl methyl sites for hydroxylation is 2. The molecule has 1 aliphatic heterocycles. The largest absolute Gasteiger partial charge is 0.467 e. The minimum Gasteiger partial charge on any atom is -0.467 e. The highest BCUT2D eigenvalue weighted by atomic mass is 16.3. The summed E-state index contributed by atoms with van der Waals surface area (Å²) in [5.74, 6) is 2.66. The SMILES string of the molecule is Cc1nc(C)n(CC2CCCCN2CC(=O)N(C)Cc2ccco2)n1. The minimum atomic E-state index is 0.120.